The molecule has 1 unspecified atom stereocenters. The second-order valence-electron chi connectivity index (χ2n) is 5.36. The Hall–Kier alpha value is -1.35. The van der Waals surface area contributed by atoms with Gasteiger partial charge in [0, 0.05) is 5.56 Å². The van der Waals surface area contributed by atoms with Gasteiger partial charge in [0.2, 0.25) is 0 Å². The van der Waals surface area contributed by atoms with E-state index in [0.717, 1.165) is 5.75 Å². The normalized spacial score (nSPS) is 12.8. The second-order valence-corrected chi connectivity index (χ2v) is 5.36. The molecule has 1 aromatic rings. The van der Waals surface area contributed by atoms with Crippen molar-refractivity contribution in [3.63, 3.8) is 0 Å². The number of Topliss-reactive ketones (excluding diaryl/α,β-unsaturated/α-hetero) is 1. The Morgan fingerprint density at radius 1 is 1.17 bits per heavy atom. The predicted octanol–water partition coefficient (Wildman–Crippen LogP) is 2.89. The number of carbonyl (C=O) groups excluding carboxylic acids is 1. The standard InChI is InChI=1S/C15H23NO2/c1-10(2)9-18-13-7-5-12(6-8-13)15(17)14(16)11(3)4/h5-8,10-11,14H,9,16H2,1-4H3. The molecule has 0 spiro atoms. The second kappa shape index (κ2) is 6.55. The van der Waals surface area contributed by atoms with Gasteiger partial charge in [-0.05, 0) is 36.1 Å². The summed E-state index contributed by atoms with van der Waals surface area (Å²) in [4.78, 5) is 12.0. The van der Waals surface area contributed by atoms with Gasteiger partial charge in [0.25, 0.3) is 0 Å². The van der Waals surface area contributed by atoms with Crippen LogP contribution in [-0.2, 0) is 0 Å². The van der Waals surface area contributed by atoms with Crippen molar-refractivity contribution in [2.75, 3.05) is 6.61 Å². The quantitative estimate of drug-likeness (QED) is 0.789. The molecule has 1 rings (SSSR count). The fourth-order valence-corrected chi connectivity index (χ4v) is 1.47. The van der Waals surface area contributed by atoms with Crippen LogP contribution in [0, 0.1) is 11.8 Å². The first-order valence-electron chi connectivity index (χ1n) is 6.44. The van der Waals surface area contributed by atoms with E-state index in [1.807, 2.05) is 26.0 Å². The van der Waals surface area contributed by atoms with Crippen molar-refractivity contribution in [2.24, 2.45) is 17.6 Å². The summed E-state index contributed by atoms with van der Waals surface area (Å²) >= 11 is 0. The molecule has 0 fully saturated rings. The maximum absolute atomic E-state index is 12.0. The van der Waals surface area contributed by atoms with Crippen molar-refractivity contribution in [3.05, 3.63) is 29.8 Å². The van der Waals surface area contributed by atoms with Crippen LogP contribution in [0.1, 0.15) is 38.1 Å². The summed E-state index contributed by atoms with van der Waals surface area (Å²) in [5.74, 6) is 1.41. The SMILES string of the molecule is CC(C)COc1ccc(C(=O)C(N)C(C)C)cc1. The third-order valence-corrected chi connectivity index (χ3v) is 2.74. The van der Waals surface area contributed by atoms with Crippen molar-refractivity contribution in [1.82, 2.24) is 0 Å². The third kappa shape index (κ3) is 4.15. The van der Waals surface area contributed by atoms with Crippen LogP contribution in [0.4, 0.5) is 0 Å². The highest BCUT2D eigenvalue weighted by Gasteiger charge is 2.18. The van der Waals surface area contributed by atoms with E-state index in [1.165, 1.54) is 0 Å². The number of rotatable bonds is 6. The number of carbonyl (C=O) groups is 1. The van der Waals surface area contributed by atoms with Crippen LogP contribution in [0.5, 0.6) is 5.75 Å². The first-order valence-corrected chi connectivity index (χ1v) is 6.44. The average molecular weight is 249 g/mol. The summed E-state index contributed by atoms with van der Waals surface area (Å²) in [7, 11) is 0. The Kier molecular flexibility index (Phi) is 5.35. The average Bonchev–Trinajstić information content (AvgIpc) is 2.35. The molecular weight excluding hydrogens is 226 g/mol. The molecule has 0 saturated heterocycles. The van der Waals surface area contributed by atoms with Crippen molar-refractivity contribution in [2.45, 2.75) is 33.7 Å². The molecule has 0 aliphatic rings. The van der Waals surface area contributed by atoms with Crippen LogP contribution in [0.2, 0.25) is 0 Å². The largest absolute Gasteiger partial charge is 0.493 e. The molecule has 1 atom stereocenters. The Balaban J connectivity index is 2.68. The van der Waals surface area contributed by atoms with E-state index in [2.05, 4.69) is 13.8 Å². The van der Waals surface area contributed by atoms with Gasteiger partial charge in [-0.3, -0.25) is 4.79 Å². The highest BCUT2D eigenvalue weighted by molar-refractivity contribution is 6.00. The van der Waals surface area contributed by atoms with Crippen molar-refractivity contribution in [3.8, 4) is 5.75 Å². The first-order chi connectivity index (χ1) is 8.41. The number of hydrogen-bond donors (Lipinski definition) is 1. The Morgan fingerprint density at radius 2 is 1.72 bits per heavy atom. The van der Waals surface area contributed by atoms with Gasteiger partial charge < -0.3 is 10.5 Å². The zero-order valence-corrected chi connectivity index (χ0v) is 11.6. The van der Waals surface area contributed by atoms with Crippen molar-refractivity contribution >= 4 is 5.78 Å². The Morgan fingerprint density at radius 3 is 2.17 bits per heavy atom. The van der Waals surface area contributed by atoms with E-state index in [1.54, 1.807) is 12.1 Å². The zero-order chi connectivity index (χ0) is 13.7. The fourth-order valence-electron chi connectivity index (χ4n) is 1.47. The number of ether oxygens (including phenoxy) is 1. The minimum Gasteiger partial charge on any atom is -0.493 e. The van der Waals surface area contributed by atoms with Crippen molar-refractivity contribution in [1.29, 1.82) is 0 Å². The van der Waals surface area contributed by atoms with E-state index >= 15 is 0 Å². The molecule has 3 nitrogen and oxygen atoms in total. The Labute approximate surface area is 109 Å². The van der Waals surface area contributed by atoms with Crippen LogP contribution in [0.15, 0.2) is 24.3 Å². The summed E-state index contributed by atoms with van der Waals surface area (Å²) in [5, 5.41) is 0. The smallest absolute Gasteiger partial charge is 0.179 e. The van der Waals surface area contributed by atoms with Gasteiger partial charge in [0.1, 0.15) is 5.75 Å². The van der Waals surface area contributed by atoms with Gasteiger partial charge in [0.15, 0.2) is 5.78 Å². The maximum Gasteiger partial charge on any atom is 0.179 e. The van der Waals surface area contributed by atoms with Crippen LogP contribution in [0.25, 0.3) is 0 Å². The zero-order valence-electron chi connectivity index (χ0n) is 11.6. The highest BCUT2D eigenvalue weighted by atomic mass is 16.5. The number of benzene rings is 1. The molecule has 100 valence electrons. The molecule has 0 saturated carbocycles. The molecule has 0 amide bonds. The molecule has 0 radical (unpaired) electrons. The summed E-state index contributed by atoms with van der Waals surface area (Å²) in [6, 6.07) is 6.76. The molecule has 0 aliphatic carbocycles. The van der Waals surface area contributed by atoms with E-state index in [0.29, 0.717) is 18.1 Å². The fraction of sp³-hybridized carbons (Fsp3) is 0.533. The molecule has 0 heterocycles. The van der Waals surface area contributed by atoms with E-state index in [4.69, 9.17) is 10.5 Å². The number of hydrogen-bond acceptors (Lipinski definition) is 3. The van der Waals surface area contributed by atoms with Crippen LogP contribution in [-0.4, -0.2) is 18.4 Å². The van der Waals surface area contributed by atoms with E-state index in [9.17, 15) is 4.79 Å². The molecule has 18 heavy (non-hydrogen) atoms. The molecule has 0 bridgehead atoms. The predicted molar refractivity (Wildman–Crippen MR) is 73.9 cm³/mol. The number of nitrogens with two attached hydrogens (primary N) is 1. The molecule has 2 N–H and O–H groups in total. The summed E-state index contributed by atoms with van der Waals surface area (Å²) < 4.78 is 5.57. The lowest BCUT2D eigenvalue weighted by molar-refractivity contribution is 0.0940. The maximum atomic E-state index is 12.0. The van der Waals surface area contributed by atoms with Crippen LogP contribution < -0.4 is 10.5 Å². The van der Waals surface area contributed by atoms with Gasteiger partial charge in [-0.25, -0.2) is 0 Å². The molecule has 1 aromatic carbocycles. The van der Waals surface area contributed by atoms with Crippen LogP contribution in [0.3, 0.4) is 0 Å². The lowest BCUT2D eigenvalue weighted by atomic mass is 9.96. The van der Waals surface area contributed by atoms with Gasteiger partial charge in [-0.1, -0.05) is 27.7 Å². The Bertz CT molecular complexity index is 382. The summed E-state index contributed by atoms with van der Waals surface area (Å²) in [5.41, 5.74) is 6.49. The monoisotopic (exact) mass is 249 g/mol. The number of ketones is 1. The third-order valence-electron chi connectivity index (χ3n) is 2.74. The lowest BCUT2D eigenvalue weighted by Crippen LogP contribution is -2.35. The van der Waals surface area contributed by atoms with Gasteiger partial charge in [-0.2, -0.15) is 0 Å². The summed E-state index contributed by atoms with van der Waals surface area (Å²) in [6.45, 7) is 8.77. The molecule has 3 heteroatoms. The lowest BCUT2D eigenvalue weighted by Gasteiger charge is -2.14. The summed E-state index contributed by atoms with van der Waals surface area (Å²) in [6.07, 6.45) is 0. The van der Waals surface area contributed by atoms with Gasteiger partial charge in [-0.15, -0.1) is 0 Å². The minimum atomic E-state index is -0.438. The first kappa shape index (κ1) is 14.7. The molecule has 0 aliphatic heterocycles. The van der Waals surface area contributed by atoms with Crippen LogP contribution >= 0.6 is 0 Å². The van der Waals surface area contributed by atoms with Crippen molar-refractivity contribution < 1.29 is 9.53 Å². The molecular formula is C15H23NO2. The van der Waals surface area contributed by atoms with Gasteiger partial charge >= 0.3 is 0 Å². The van der Waals surface area contributed by atoms with E-state index < -0.39 is 6.04 Å². The topological polar surface area (TPSA) is 52.3 Å². The highest BCUT2D eigenvalue weighted by Crippen LogP contribution is 2.15. The van der Waals surface area contributed by atoms with Gasteiger partial charge in [0.05, 0.1) is 12.6 Å². The van der Waals surface area contributed by atoms with E-state index in [-0.39, 0.29) is 11.7 Å². The minimum absolute atomic E-state index is 0.0135. The molecule has 0 aromatic heterocycles.